The van der Waals surface area contributed by atoms with Crippen molar-refractivity contribution in [3.05, 3.63) is 35.9 Å². The van der Waals surface area contributed by atoms with Gasteiger partial charge in [0.2, 0.25) is 11.8 Å². The third-order valence-electron chi connectivity index (χ3n) is 4.14. The second-order valence-electron chi connectivity index (χ2n) is 5.90. The lowest BCUT2D eigenvalue weighted by molar-refractivity contribution is -0.142. The van der Waals surface area contributed by atoms with Crippen molar-refractivity contribution in [2.45, 2.75) is 44.7 Å². The molecule has 3 N–H and O–H groups in total. The fourth-order valence-corrected chi connectivity index (χ4v) is 2.79. The monoisotopic (exact) mass is 318 g/mol. The minimum absolute atomic E-state index is 0.0327. The van der Waals surface area contributed by atoms with Crippen molar-refractivity contribution in [3.63, 3.8) is 0 Å². The Kier molecular flexibility index (Phi) is 5.73. The maximum absolute atomic E-state index is 12.2. The van der Waals surface area contributed by atoms with E-state index in [1.807, 2.05) is 0 Å². The summed E-state index contributed by atoms with van der Waals surface area (Å²) < 4.78 is 0. The quantitative estimate of drug-likeness (QED) is 0.743. The summed E-state index contributed by atoms with van der Waals surface area (Å²) in [5.74, 6) is -1.81. The lowest BCUT2D eigenvalue weighted by Gasteiger charge is -2.20. The first-order valence-corrected chi connectivity index (χ1v) is 7.87. The largest absolute Gasteiger partial charge is 0.479 e. The molecule has 0 aromatic heterocycles. The van der Waals surface area contributed by atoms with E-state index in [1.165, 1.54) is 0 Å². The van der Waals surface area contributed by atoms with Gasteiger partial charge in [-0.25, -0.2) is 4.79 Å². The molecule has 1 fully saturated rings. The Morgan fingerprint density at radius 3 is 2.26 bits per heavy atom. The van der Waals surface area contributed by atoms with E-state index in [0.717, 1.165) is 25.7 Å². The third-order valence-corrected chi connectivity index (χ3v) is 4.14. The summed E-state index contributed by atoms with van der Waals surface area (Å²) in [6.07, 6.45) is 3.77. The zero-order chi connectivity index (χ0) is 16.8. The topological polar surface area (TPSA) is 95.5 Å². The number of nitrogens with one attached hydrogen (secondary N) is 2. The highest BCUT2D eigenvalue weighted by molar-refractivity contribution is 5.91. The summed E-state index contributed by atoms with van der Waals surface area (Å²) in [6, 6.07) is 6.57. The second-order valence-corrected chi connectivity index (χ2v) is 5.90. The smallest absolute Gasteiger partial charge is 0.330 e. The van der Waals surface area contributed by atoms with E-state index < -0.39 is 24.0 Å². The van der Waals surface area contributed by atoms with Crippen LogP contribution in [0, 0.1) is 5.92 Å². The Hall–Kier alpha value is -2.37. The van der Waals surface area contributed by atoms with Crippen LogP contribution in [0.2, 0.25) is 0 Å². The summed E-state index contributed by atoms with van der Waals surface area (Å²) >= 11 is 0. The van der Waals surface area contributed by atoms with Crippen molar-refractivity contribution < 1.29 is 19.5 Å². The molecule has 6 nitrogen and oxygen atoms in total. The molecule has 1 aromatic rings. The molecule has 6 heteroatoms. The van der Waals surface area contributed by atoms with E-state index in [4.69, 9.17) is 0 Å². The number of benzene rings is 1. The maximum Gasteiger partial charge on any atom is 0.330 e. The third kappa shape index (κ3) is 4.55. The molecular formula is C17H22N2O4. The summed E-state index contributed by atoms with van der Waals surface area (Å²) in [6.45, 7) is 1.56. The molecule has 0 spiro atoms. The van der Waals surface area contributed by atoms with Crippen LogP contribution >= 0.6 is 0 Å². The van der Waals surface area contributed by atoms with Gasteiger partial charge in [-0.15, -0.1) is 0 Å². The molecule has 0 saturated heterocycles. The molecular weight excluding hydrogens is 296 g/mol. The van der Waals surface area contributed by atoms with Crippen molar-refractivity contribution in [1.82, 2.24) is 10.6 Å². The van der Waals surface area contributed by atoms with Crippen LogP contribution in [-0.4, -0.2) is 28.9 Å². The molecule has 1 aliphatic rings. The van der Waals surface area contributed by atoms with Gasteiger partial charge in [0.05, 0.1) is 0 Å². The lowest BCUT2D eigenvalue weighted by Crippen LogP contribution is -2.48. The number of carbonyl (C=O) groups excluding carboxylic acids is 2. The number of hydrogen-bond donors (Lipinski definition) is 3. The lowest BCUT2D eigenvalue weighted by atomic mass is 10.1. The van der Waals surface area contributed by atoms with Crippen molar-refractivity contribution in [2.75, 3.05) is 0 Å². The molecule has 1 saturated carbocycles. The van der Waals surface area contributed by atoms with Crippen LogP contribution in [0.5, 0.6) is 0 Å². The van der Waals surface area contributed by atoms with Crippen LogP contribution in [0.4, 0.5) is 0 Å². The summed E-state index contributed by atoms with van der Waals surface area (Å²) in [5, 5.41) is 14.5. The molecule has 2 atom stereocenters. The van der Waals surface area contributed by atoms with Crippen molar-refractivity contribution in [2.24, 2.45) is 5.92 Å². The number of amides is 2. The predicted molar refractivity (Wildman–Crippen MR) is 84.5 cm³/mol. The fraction of sp³-hybridized carbons (Fsp3) is 0.471. The maximum atomic E-state index is 12.2. The highest BCUT2D eigenvalue weighted by Crippen LogP contribution is 2.24. The molecule has 23 heavy (non-hydrogen) atoms. The van der Waals surface area contributed by atoms with Gasteiger partial charge in [0, 0.05) is 5.92 Å². The SMILES string of the molecule is CC(NC(=O)C1CCCC1)C(=O)N[C@H](C(=O)O)c1ccccc1. The number of carbonyl (C=O) groups is 3. The van der Waals surface area contributed by atoms with E-state index in [2.05, 4.69) is 10.6 Å². The molecule has 0 radical (unpaired) electrons. The number of hydrogen-bond acceptors (Lipinski definition) is 3. The van der Waals surface area contributed by atoms with E-state index in [-0.39, 0.29) is 11.8 Å². The number of carboxylic acids is 1. The molecule has 1 aromatic carbocycles. The molecule has 0 bridgehead atoms. The zero-order valence-corrected chi connectivity index (χ0v) is 13.1. The molecule has 124 valence electrons. The van der Waals surface area contributed by atoms with Crippen LogP contribution in [0.3, 0.4) is 0 Å². The molecule has 0 heterocycles. The van der Waals surface area contributed by atoms with E-state index in [0.29, 0.717) is 5.56 Å². The first-order chi connectivity index (χ1) is 11.0. The standard InChI is InChI=1S/C17H22N2O4/c1-11(18-16(21)13-9-5-6-10-13)15(20)19-14(17(22)23)12-7-3-2-4-8-12/h2-4,7-8,11,13-14H,5-6,9-10H2,1H3,(H,18,21)(H,19,20)(H,22,23)/t11?,14-/m0/s1. The molecule has 1 aliphatic carbocycles. The van der Waals surface area contributed by atoms with Gasteiger partial charge >= 0.3 is 5.97 Å². The average Bonchev–Trinajstić information content (AvgIpc) is 3.07. The van der Waals surface area contributed by atoms with Gasteiger partial charge in [0.15, 0.2) is 6.04 Å². The summed E-state index contributed by atoms with van der Waals surface area (Å²) in [4.78, 5) is 35.6. The van der Waals surface area contributed by atoms with Gasteiger partial charge < -0.3 is 15.7 Å². The van der Waals surface area contributed by atoms with Gasteiger partial charge in [-0.05, 0) is 25.3 Å². The van der Waals surface area contributed by atoms with Crippen molar-refractivity contribution >= 4 is 17.8 Å². The second kappa shape index (κ2) is 7.76. The van der Waals surface area contributed by atoms with Crippen LogP contribution in [-0.2, 0) is 14.4 Å². The van der Waals surface area contributed by atoms with E-state index in [1.54, 1.807) is 37.3 Å². The van der Waals surface area contributed by atoms with Crippen LogP contribution in [0.25, 0.3) is 0 Å². The summed E-state index contributed by atoms with van der Waals surface area (Å²) in [7, 11) is 0. The predicted octanol–water partition coefficient (Wildman–Crippen LogP) is 1.62. The van der Waals surface area contributed by atoms with Crippen LogP contribution in [0.15, 0.2) is 30.3 Å². The molecule has 2 amide bonds. The number of carboxylic acid groups (broad SMARTS) is 1. The first kappa shape index (κ1) is 17.0. The fourth-order valence-electron chi connectivity index (χ4n) is 2.79. The molecule has 1 unspecified atom stereocenters. The van der Waals surface area contributed by atoms with Gasteiger partial charge in [-0.1, -0.05) is 43.2 Å². The number of aliphatic carboxylic acids is 1. The van der Waals surface area contributed by atoms with E-state index in [9.17, 15) is 19.5 Å². The Morgan fingerprint density at radius 1 is 1.09 bits per heavy atom. The Balaban J connectivity index is 1.95. The van der Waals surface area contributed by atoms with Gasteiger partial charge in [-0.2, -0.15) is 0 Å². The minimum atomic E-state index is -1.14. The van der Waals surface area contributed by atoms with Crippen molar-refractivity contribution in [1.29, 1.82) is 0 Å². The van der Waals surface area contributed by atoms with Crippen LogP contribution in [0.1, 0.15) is 44.2 Å². The first-order valence-electron chi connectivity index (χ1n) is 7.87. The normalized spacial score (nSPS) is 17.3. The van der Waals surface area contributed by atoms with Gasteiger partial charge in [-0.3, -0.25) is 9.59 Å². The molecule has 2 rings (SSSR count). The van der Waals surface area contributed by atoms with Crippen molar-refractivity contribution in [3.8, 4) is 0 Å². The Labute approximate surface area is 135 Å². The Morgan fingerprint density at radius 2 is 1.70 bits per heavy atom. The van der Waals surface area contributed by atoms with Gasteiger partial charge in [0.25, 0.3) is 0 Å². The van der Waals surface area contributed by atoms with Gasteiger partial charge in [0.1, 0.15) is 6.04 Å². The Bertz CT molecular complexity index is 567. The summed E-state index contributed by atoms with van der Waals surface area (Å²) in [5.41, 5.74) is 0.489. The van der Waals surface area contributed by atoms with E-state index >= 15 is 0 Å². The van der Waals surface area contributed by atoms with Crippen LogP contribution < -0.4 is 10.6 Å². The zero-order valence-electron chi connectivity index (χ0n) is 13.1. The highest BCUT2D eigenvalue weighted by Gasteiger charge is 2.28. The minimum Gasteiger partial charge on any atom is -0.479 e. The number of rotatable bonds is 6. The average molecular weight is 318 g/mol. The highest BCUT2D eigenvalue weighted by atomic mass is 16.4. The molecule has 0 aliphatic heterocycles.